The molecule has 1 aromatic rings. The van der Waals surface area contributed by atoms with E-state index >= 15 is 0 Å². The summed E-state index contributed by atoms with van der Waals surface area (Å²) < 4.78 is 0. The lowest BCUT2D eigenvalue weighted by Crippen LogP contribution is -2.41. The molecule has 0 amide bonds. The van der Waals surface area contributed by atoms with E-state index in [1.165, 1.54) is 12.8 Å². The first-order valence-electron chi connectivity index (χ1n) is 7.11. The maximum Gasteiger partial charge on any atom is 0.303 e. The summed E-state index contributed by atoms with van der Waals surface area (Å²) in [7, 11) is 0. The van der Waals surface area contributed by atoms with Gasteiger partial charge in [0.25, 0.3) is 0 Å². The zero-order valence-corrected chi connectivity index (χ0v) is 11.3. The minimum atomic E-state index is -0.685. The molecule has 0 bridgehead atoms. The molecule has 104 valence electrons. The molecule has 1 aliphatic rings. The second-order valence-corrected chi connectivity index (χ2v) is 5.19. The van der Waals surface area contributed by atoms with E-state index in [2.05, 4.69) is 16.0 Å². The maximum atomic E-state index is 10.7. The molecule has 1 saturated heterocycles. The lowest BCUT2D eigenvalue weighted by atomic mass is 9.97. The summed E-state index contributed by atoms with van der Waals surface area (Å²) in [5.74, 6) is -0.685. The van der Waals surface area contributed by atoms with Gasteiger partial charge in [-0.2, -0.15) is 0 Å². The standard InChI is InChI=1S/C15H22N2O2/c18-15(19)8-7-14-6-2-4-11-17(14)12-9-13-5-1-3-10-16-13/h1,3,5,10,14H,2,4,6-9,11-12H2,(H,18,19). The van der Waals surface area contributed by atoms with Crippen molar-refractivity contribution >= 4 is 5.97 Å². The Labute approximate surface area is 114 Å². The van der Waals surface area contributed by atoms with Gasteiger partial charge in [-0.25, -0.2) is 0 Å². The molecule has 2 rings (SSSR count). The molecule has 0 aromatic carbocycles. The van der Waals surface area contributed by atoms with Crippen LogP contribution in [0.25, 0.3) is 0 Å². The lowest BCUT2D eigenvalue weighted by molar-refractivity contribution is -0.137. The van der Waals surface area contributed by atoms with Crippen molar-refractivity contribution in [3.63, 3.8) is 0 Å². The van der Waals surface area contributed by atoms with Crippen LogP contribution in [0.2, 0.25) is 0 Å². The Balaban J connectivity index is 1.83. The molecule has 0 spiro atoms. The van der Waals surface area contributed by atoms with Gasteiger partial charge in [-0.3, -0.25) is 14.7 Å². The number of rotatable bonds is 6. The quantitative estimate of drug-likeness (QED) is 0.855. The third-order valence-electron chi connectivity index (χ3n) is 3.82. The Bertz CT molecular complexity index is 394. The minimum Gasteiger partial charge on any atom is -0.481 e. The fourth-order valence-electron chi connectivity index (χ4n) is 2.78. The predicted octanol–water partition coefficient (Wildman–Crippen LogP) is 2.34. The van der Waals surface area contributed by atoms with E-state index in [0.717, 1.165) is 38.0 Å². The van der Waals surface area contributed by atoms with Crippen molar-refractivity contribution in [2.75, 3.05) is 13.1 Å². The molecule has 1 fully saturated rings. The van der Waals surface area contributed by atoms with Crippen molar-refractivity contribution in [1.29, 1.82) is 0 Å². The zero-order chi connectivity index (χ0) is 13.5. The van der Waals surface area contributed by atoms with Crippen LogP contribution in [0.15, 0.2) is 24.4 Å². The Morgan fingerprint density at radius 1 is 1.42 bits per heavy atom. The Hall–Kier alpha value is -1.42. The molecule has 1 N–H and O–H groups in total. The molecular weight excluding hydrogens is 240 g/mol. The average Bonchev–Trinajstić information content (AvgIpc) is 2.45. The first-order valence-corrected chi connectivity index (χ1v) is 7.11. The molecule has 1 atom stereocenters. The second-order valence-electron chi connectivity index (χ2n) is 5.19. The molecule has 1 aromatic heterocycles. The van der Waals surface area contributed by atoms with Crippen LogP contribution >= 0.6 is 0 Å². The van der Waals surface area contributed by atoms with Crippen LogP contribution in [0.5, 0.6) is 0 Å². The number of carboxylic acids is 1. The molecule has 19 heavy (non-hydrogen) atoms. The molecule has 0 aliphatic carbocycles. The third-order valence-corrected chi connectivity index (χ3v) is 3.82. The fourth-order valence-corrected chi connectivity index (χ4v) is 2.78. The number of carbonyl (C=O) groups is 1. The summed E-state index contributed by atoms with van der Waals surface area (Å²) in [6.45, 7) is 2.08. The van der Waals surface area contributed by atoms with E-state index < -0.39 is 5.97 Å². The number of aliphatic carboxylic acids is 1. The summed E-state index contributed by atoms with van der Waals surface area (Å²) in [5, 5.41) is 8.81. The van der Waals surface area contributed by atoms with Crippen LogP contribution in [0, 0.1) is 0 Å². The summed E-state index contributed by atoms with van der Waals surface area (Å²) in [4.78, 5) is 17.5. The van der Waals surface area contributed by atoms with Gasteiger partial charge in [-0.1, -0.05) is 12.5 Å². The van der Waals surface area contributed by atoms with Gasteiger partial charge in [-0.15, -0.1) is 0 Å². The number of aromatic nitrogens is 1. The van der Waals surface area contributed by atoms with E-state index in [1.807, 2.05) is 18.3 Å². The van der Waals surface area contributed by atoms with Crippen molar-refractivity contribution < 1.29 is 9.90 Å². The SMILES string of the molecule is O=C(O)CCC1CCCCN1CCc1ccccn1. The Kier molecular flexibility index (Phi) is 5.33. The number of carboxylic acid groups (broad SMARTS) is 1. The molecule has 2 heterocycles. The van der Waals surface area contributed by atoms with Crippen molar-refractivity contribution in [3.8, 4) is 0 Å². The number of likely N-dealkylation sites (tertiary alicyclic amines) is 1. The smallest absolute Gasteiger partial charge is 0.303 e. The van der Waals surface area contributed by atoms with Crippen LogP contribution in [-0.4, -0.2) is 40.1 Å². The second kappa shape index (κ2) is 7.24. The van der Waals surface area contributed by atoms with Gasteiger partial charge in [-0.05, 0) is 37.9 Å². The van der Waals surface area contributed by atoms with Crippen molar-refractivity contribution in [3.05, 3.63) is 30.1 Å². The van der Waals surface area contributed by atoms with Crippen LogP contribution in [0.1, 0.15) is 37.8 Å². The molecule has 4 nitrogen and oxygen atoms in total. The normalized spacial score (nSPS) is 20.3. The molecule has 0 radical (unpaired) electrons. The highest BCUT2D eigenvalue weighted by atomic mass is 16.4. The topological polar surface area (TPSA) is 53.4 Å². The van der Waals surface area contributed by atoms with Gasteiger partial charge < -0.3 is 5.11 Å². The number of piperidine rings is 1. The molecular formula is C15H22N2O2. The van der Waals surface area contributed by atoms with Gasteiger partial charge in [0.2, 0.25) is 0 Å². The number of pyridine rings is 1. The molecule has 1 unspecified atom stereocenters. The summed E-state index contributed by atoms with van der Waals surface area (Å²) >= 11 is 0. The first-order chi connectivity index (χ1) is 9.25. The number of hydrogen-bond acceptors (Lipinski definition) is 3. The van der Waals surface area contributed by atoms with Crippen molar-refractivity contribution in [2.24, 2.45) is 0 Å². The average molecular weight is 262 g/mol. The summed E-state index contributed by atoms with van der Waals surface area (Å²) in [6, 6.07) is 6.44. The van der Waals surface area contributed by atoms with Crippen LogP contribution in [0.3, 0.4) is 0 Å². The van der Waals surface area contributed by atoms with Crippen molar-refractivity contribution in [1.82, 2.24) is 9.88 Å². The number of hydrogen-bond donors (Lipinski definition) is 1. The first kappa shape index (κ1) is 14.0. The molecule has 1 aliphatic heterocycles. The van der Waals surface area contributed by atoms with Gasteiger partial charge >= 0.3 is 5.97 Å². The maximum absolute atomic E-state index is 10.7. The van der Waals surface area contributed by atoms with Gasteiger partial charge in [0.15, 0.2) is 0 Å². The van der Waals surface area contributed by atoms with Crippen LogP contribution in [0.4, 0.5) is 0 Å². The van der Waals surface area contributed by atoms with E-state index in [9.17, 15) is 4.79 Å². The van der Waals surface area contributed by atoms with Gasteiger partial charge in [0, 0.05) is 37.3 Å². The summed E-state index contributed by atoms with van der Waals surface area (Å²) in [5.41, 5.74) is 1.12. The van der Waals surface area contributed by atoms with Crippen LogP contribution < -0.4 is 0 Å². The lowest BCUT2D eigenvalue weighted by Gasteiger charge is -2.35. The highest BCUT2D eigenvalue weighted by Crippen LogP contribution is 2.21. The van der Waals surface area contributed by atoms with Gasteiger partial charge in [0.1, 0.15) is 0 Å². The monoisotopic (exact) mass is 262 g/mol. The van der Waals surface area contributed by atoms with Crippen molar-refractivity contribution in [2.45, 2.75) is 44.6 Å². The highest BCUT2D eigenvalue weighted by Gasteiger charge is 2.22. The minimum absolute atomic E-state index is 0.282. The van der Waals surface area contributed by atoms with E-state index in [4.69, 9.17) is 5.11 Å². The largest absolute Gasteiger partial charge is 0.481 e. The molecule has 0 saturated carbocycles. The predicted molar refractivity (Wildman–Crippen MR) is 74.0 cm³/mol. The van der Waals surface area contributed by atoms with E-state index in [-0.39, 0.29) is 6.42 Å². The molecule has 4 heteroatoms. The third kappa shape index (κ3) is 4.63. The summed E-state index contributed by atoms with van der Waals surface area (Å²) in [6.07, 6.45) is 7.42. The Morgan fingerprint density at radius 3 is 3.05 bits per heavy atom. The zero-order valence-electron chi connectivity index (χ0n) is 11.3. The van der Waals surface area contributed by atoms with Gasteiger partial charge in [0.05, 0.1) is 0 Å². The highest BCUT2D eigenvalue weighted by molar-refractivity contribution is 5.66. The van der Waals surface area contributed by atoms with E-state index in [0.29, 0.717) is 6.04 Å². The van der Waals surface area contributed by atoms with Crippen LogP contribution in [-0.2, 0) is 11.2 Å². The van der Waals surface area contributed by atoms with E-state index in [1.54, 1.807) is 0 Å². The Morgan fingerprint density at radius 2 is 2.32 bits per heavy atom. The number of nitrogens with zero attached hydrogens (tertiary/aromatic N) is 2. The fraction of sp³-hybridized carbons (Fsp3) is 0.600.